The van der Waals surface area contributed by atoms with Gasteiger partial charge < -0.3 is 10.1 Å². The van der Waals surface area contributed by atoms with Crippen LogP contribution >= 0.6 is 0 Å². The highest BCUT2D eigenvalue weighted by Gasteiger charge is 2.23. The third-order valence-electron chi connectivity index (χ3n) is 4.53. The van der Waals surface area contributed by atoms with Crippen molar-refractivity contribution >= 4 is 33.4 Å². The summed E-state index contributed by atoms with van der Waals surface area (Å²) in [6.07, 6.45) is 4.85. The second kappa shape index (κ2) is 9.68. The van der Waals surface area contributed by atoms with Crippen LogP contribution in [0.1, 0.15) is 49.4 Å². The molecule has 0 aliphatic heterocycles. The number of sulfonamides is 1. The minimum atomic E-state index is -3.40. The molecule has 0 radical (unpaired) electrons. The van der Waals surface area contributed by atoms with E-state index in [1.165, 1.54) is 31.2 Å². The molecule has 1 fully saturated rings. The molecule has 1 atom stereocenters. The van der Waals surface area contributed by atoms with Crippen LogP contribution in [0, 0.1) is 5.92 Å². The molecule has 2 rings (SSSR count). The van der Waals surface area contributed by atoms with E-state index in [1.54, 1.807) is 0 Å². The Morgan fingerprint density at radius 2 is 1.71 bits per heavy atom. The summed E-state index contributed by atoms with van der Waals surface area (Å²) in [5.41, 5.74) is 0.611. The summed E-state index contributed by atoms with van der Waals surface area (Å²) < 4.78 is 29.8. The van der Waals surface area contributed by atoms with Gasteiger partial charge in [-0.25, -0.2) is 8.42 Å². The first-order valence-electron chi connectivity index (χ1n) is 9.25. The molecule has 0 saturated heterocycles. The number of nitrogens with one attached hydrogen (secondary N) is 2. The molecule has 1 aliphatic carbocycles. The SMILES string of the molecule is C[C@H](OC(=O)CNC(=O)C1CCCCC1)C(=O)c1ccc(NS(C)(=O)=O)cc1. The zero-order chi connectivity index (χ0) is 20.7. The molecule has 0 spiro atoms. The number of hydrogen-bond donors (Lipinski definition) is 2. The van der Waals surface area contributed by atoms with Crippen LogP contribution in [-0.2, 0) is 24.3 Å². The molecule has 0 aromatic heterocycles. The summed E-state index contributed by atoms with van der Waals surface area (Å²) in [5, 5.41) is 2.58. The minimum Gasteiger partial charge on any atom is -0.453 e. The van der Waals surface area contributed by atoms with Gasteiger partial charge in [0, 0.05) is 17.2 Å². The van der Waals surface area contributed by atoms with Crippen LogP contribution in [0.15, 0.2) is 24.3 Å². The topological polar surface area (TPSA) is 119 Å². The molecular formula is C19H26N2O6S. The van der Waals surface area contributed by atoms with E-state index in [0.717, 1.165) is 38.4 Å². The zero-order valence-corrected chi connectivity index (χ0v) is 16.9. The third-order valence-corrected chi connectivity index (χ3v) is 5.14. The first kappa shape index (κ1) is 21.9. The number of hydrogen-bond acceptors (Lipinski definition) is 6. The largest absolute Gasteiger partial charge is 0.453 e. The summed E-state index contributed by atoms with van der Waals surface area (Å²) in [6, 6.07) is 5.80. The molecule has 0 bridgehead atoms. The smallest absolute Gasteiger partial charge is 0.326 e. The number of carbonyl (C=O) groups is 3. The highest BCUT2D eigenvalue weighted by molar-refractivity contribution is 7.92. The van der Waals surface area contributed by atoms with Gasteiger partial charge in [-0.15, -0.1) is 0 Å². The monoisotopic (exact) mass is 410 g/mol. The van der Waals surface area contributed by atoms with E-state index in [4.69, 9.17) is 4.74 Å². The maximum atomic E-state index is 12.4. The number of Topliss-reactive ketones (excluding diaryl/α,β-unsaturated/α-hetero) is 1. The summed E-state index contributed by atoms with van der Waals surface area (Å²) >= 11 is 0. The Kier molecular flexibility index (Phi) is 7.56. The zero-order valence-electron chi connectivity index (χ0n) is 16.1. The van der Waals surface area contributed by atoms with E-state index < -0.39 is 27.9 Å². The highest BCUT2D eigenvalue weighted by atomic mass is 32.2. The van der Waals surface area contributed by atoms with Crippen LogP contribution in [0.3, 0.4) is 0 Å². The van der Waals surface area contributed by atoms with Crippen LogP contribution in [0.25, 0.3) is 0 Å². The first-order chi connectivity index (χ1) is 13.2. The summed E-state index contributed by atoms with van der Waals surface area (Å²) in [7, 11) is -3.40. The molecule has 0 heterocycles. The predicted octanol–water partition coefficient (Wildman–Crippen LogP) is 1.87. The van der Waals surface area contributed by atoms with Crippen molar-refractivity contribution in [3.05, 3.63) is 29.8 Å². The number of anilines is 1. The Morgan fingerprint density at radius 1 is 1.11 bits per heavy atom. The van der Waals surface area contributed by atoms with Crippen LogP contribution in [-0.4, -0.2) is 45.0 Å². The van der Waals surface area contributed by atoms with Gasteiger partial charge >= 0.3 is 5.97 Å². The fourth-order valence-electron chi connectivity index (χ4n) is 3.11. The second-order valence-corrected chi connectivity index (χ2v) is 8.75. The maximum Gasteiger partial charge on any atom is 0.326 e. The van der Waals surface area contributed by atoms with Gasteiger partial charge in [0.25, 0.3) is 0 Å². The molecule has 154 valence electrons. The molecule has 1 aromatic carbocycles. The summed E-state index contributed by atoms with van der Waals surface area (Å²) in [5.74, 6) is -1.30. The van der Waals surface area contributed by atoms with Gasteiger partial charge in [-0.05, 0) is 44.0 Å². The van der Waals surface area contributed by atoms with E-state index in [2.05, 4.69) is 10.0 Å². The van der Waals surface area contributed by atoms with Crippen molar-refractivity contribution in [2.45, 2.75) is 45.1 Å². The van der Waals surface area contributed by atoms with Crippen LogP contribution in [0.4, 0.5) is 5.69 Å². The van der Waals surface area contributed by atoms with Crippen molar-refractivity contribution in [1.29, 1.82) is 0 Å². The summed E-state index contributed by atoms with van der Waals surface area (Å²) in [6.45, 7) is 1.18. The number of esters is 1. The van der Waals surface area contributed by atoms with E-state index >= 15 is 0 Å². The Labute approximate surface area is 165 Å². The lowest BCUT2D eigenvalue weighted by atomic mass is 9.89. The van der Waals surface area contributed by atoms with Crippen LogP contribution < -0.4 is 10.0 Å². The molecule has 28 heavy (non-hydrogen) atoms. The number of ether oxygens (including phenoxy) is 1. The lowest BCUT2D eigenvalue weighted by Crippen LogP contribution is -2.37. The molecular weight excluding hydrogens is 384 g/mol. The fourth-order valence-corrected chi connectivity index (χ4v) is 3.68. The molecule has 9 heteroatoms. The number of ketones is 1. The molecule has 1 aliphatic rings. The Hall–Kier alpha value is -2.42. The standard InChI is InChI=1S/C19H26N2O6S/c1-13(18(23)14-8-10-16(11-9-14)21-28(2,25)26)27-17(22)12-20-19(24)15-6-4-3-5-7-15/h8-11,13,15,21H,3-7,12H2,1-2H3,(H,20,24)/t13-/m0/s1. The summed E-state index contributed by atoms with van der Waals surface area (Å²) in [4.78, 5) is 36.3. The van der Waals surface area contributed by atoms with Crippen molar-refractivity contribution in [1.82, 2.24) is 5.32 Å². The minimum absolute atomic E-state index is 0.0559. The number of amides is 1. The Balaban J connectivity index is 1.82. The van der Waals surface area contributed by atoms with Gasteiger partial charge in [0.2, 0.25) is 21.7 Å². The number of carbonyl (C=O) groups excluding carboxylic acids is 3. The average molecular weight is 410 g/mol. The molecule has 2 N–H and O–H groups in total. The van der Waals surface area contributed by atoms with Gasteiger partial charge in [-0.3, -0.25) is 19.1 Å². The van der Waals surface area contributed by atoms with Gasteiger partial charge in [0.05, 0.1) is 6.26 Å². The molecule has 0 unspecified atom stereocenters. The van der Waals surface area contributed by atoms with Crippen molar-refractivity contribution in [3.8, 4) is 0 Å². The lowest BCUT2D eigenvalue weighted by Gasteiger charge is -2.20. The second-order valence-electron chi connectivity index (χ2n) is 7.00. The van der Waals surface area contributed by atoms with Crippen molar-refractivity contribution in [3.63, 3.8) is 0 Å². The fraction of sp³-hybridized carbons (Fsp3) is 0.526. The highest BCUT2D eigenvalue weighted by Crippen LogP contribution is 2.23. The average Bonchev–Trinajstić information content (AvgIpc) is 2.65. The van der Waals surface area contributed by atoms with Crippen LogP contribution in [0.5, 0.6) is 0 Å². The van der Waals surface area contributed by atoms with Crippen molar-refractivity contribution in [2.24, 2.45) is 5.92 Å². The molecule has 8 nitrogen and oxygen atoms in total. The first-order valence-corrected chi connectivity index (χ1v) is 11.1. The number of benzene rings is 1. The quantitative estimate of drug-likeness (QED) is 0.499. The normalized spacial score (nSPS) is 16.1. The predicted molar refractivity (Wildman–Crippen MR) is 104 cm³/mol. The van der Waals surface area contributed by atoms with Gasteiger partial charge in [-0.2, -0.15) is 0 Å². The van der Waals surface area contributed by atoms with Gasteiger partial charge in [-0.1, -0.05) is 19.3 Å². The molecule has 1 amide bonds. The van der Waals surface area contributed by atoms with E-state index in [9.17, 15) is 22.8 Å². The Morgan fingerprint density at radius 3 is 2.29 bits per heavy atom. The number of rotatable bonds is 8. The Bertz CT molecular complexity index is 813. The lowest BCUT2D eigenvalue weighted by molar-refractivity contribution is -0.146. The van der Waals surface area contributed by atoms with Crippen molar-refractivity contribution in [2.75, 3.05) is 17.5 Å². The van der Waals surface area contributed by atoms with E-state index in [1.807, 2.05) is 0 Å². The van der Waals surface area contributed by atoms with Crippen molar-refractivity contribution < 1.29 is 27.5 Å². The van der Waals surface area contributed by atoms with Gasteiger partial charge in [0.15, 0.2) is 6.10 Å². The molecule has 1 aromatic rings. The maximum absolute atomic E-state index is 12.4. The third kappa shape index (κ3) is 6.95. The van der Waals surface area contributed by atoms with Crippen LogP contribution in [0.2, 0.25) is 0 Å². The van der Waals surface area contributed by atoms with E-state index in [-0.39, 0.29) is 23.9 Å². The van der Waals surface area contributed by atoms with E-state index in [0.29, 0.717) is 5.69 Å². The molecule has 1 saturated carbocycles. The van der Waals surface area contributed by atoms with Gasteiger partial charge in [0.1, 0.15) is 6.54 Å².